The Morgan fingerprint density at radius 3 is 2.15 bits per heavy atom. The zero-order valence-electron chi connectivity index (χ0n) is 35.7. The van der Waals surface area contributed by atoms with Gasteiger partial charge in [-0.3, -0.25) is 18.9 Å². The molecular weight excluding hydrogens is 961 g/mol. The van der Waals surface area contributed by atoms with Crippen molar-refractivity contribution in [2.75, 3.05) is 4.72 Å². The van der Waals surface area contributed by atoms with Gasteiger partial charge in [-0.25, -0.2) is 43.8 Å². The standard InChI is InChI=1S/C44H39F10N7O5S2/c1-42(2,67(63,64)25-4-5-25)14-13-24-3-8-27(28-10-12-31(47)36-38(28)60(19-33(48)49)58-41(36)59-68(65,66)26-6-7-26)37(55-24)32(17-21-15-22(45)18-23(46)16-21)56-34(62)20-61-40-35(39(57-61)44(52,53)54)29-9-11-30(29)43(40,50)51/h3,8,10,12,15-16,18,25-26,29-30,32-33H,4-7,9,11,17,19-20H2,1-2H3,(H,56,62)(H,58,59)/t29-,30+,32-/m0/s1. The van der Waals surface area contributed by atoms with Crippen LogP contribution in [-0.2, 0) is 56.3 Å². The molecule has 0 aliphatic heterocycles. The molecule has 4 aliphatic carbocycles. The van der Waals surface area contributed by atoms with Crippen molar-refractivity contribution in [3.8, 4) is 23.0 Å². The van der Waals surface area contributed by atoms with Gasteiger partial charge in [0.2, 0.25) is 15.9 Å². The Balaban J connectivity index is 1.22. The molecule has 5 aromatic rings. The summed E-state index contributed by atoms with van der Waals surface area (Å²) >= 11 is 0. The number of fused-ring (bicyclic) bond motifs is 4. The number of rotatable bonds is 14. The van der Waals surface area contributed by atoms with E-state index < -0.39 is 148 Å². The number of nitrogens with zero attached hydrogens (tertiary/aromatic N) is 5. The number of carbonyl (C=O) groups is 1. The summed E-state index contributed by atoms with van der Waals surface area (Å²) in [6.45, 7) is 0.280. The highest BCUT2D eigenvalue weighted by atomic mass is 32.2. The maximum Gasteiger partial charge on any atom is 0.435 e. The van der Waals surface area contributed by atoms with Gasteiger partial charge in [0.25, 0.3) is 12.3 Å². The number of hydrogen-bond donors (Lipinski definition) is 2. The molecule has 0 radical (unpaired) electrons. The SMILES string of the molecule is CC(C)(C#Cc1ccc(-c2ccc(F)c3c(NS(=O)(=O)C4CC4)nn(CC(F)F)c23)c([C@H](Cc2cc(F)cc(F)c2)NC(=O)Cn2nc(C(F)(F)F)c3c2C(F)(F)[C@@H]2CC[C@H]32)n1)S(=O)(=O)C1CC1. The van der Waals surface area contributed by atoms with E-state index in [1.807, 2.05) is 0 Å². The van der Waals surface area contributed by atoms with E-state index in [1.165, 1.54) is 26.0 Å². The lowest BCUT2D eigenvalue weighted by Crippen LogP contribution is -2.36. The molecule has 68 heavy (non-hydrogen) atoms. The fourth-order valence-corrected chi connectivity index (χ4v) is 12.2. The molecule has 0 saturated heterocycles. The van der Waals surface area contributed by atoms with E-state index in [-0.39, 0.29) is 58.4 Å². The summed E-state index contributed by atoms with van der Waals surface area (Å²) in [5, 5.41) is 7.90. The minimum atomic E-state index is -5.18. The Kier molecular flexibility index (Phi) is 11.5. The van der Waals surface area contributed by atoms with Crippen LogP contribution in [0, 0.1) is 35.2 Å². The monoisotopic (exact) mass is 999 g/mol. The van der Waals surface area contributed by atoms with E-state index in [0.717, 1.165) is 24.3 Å². The number of amides is 1. The largest absolute Gasteiger partial charge is 0.435 e. The van der Waals surface area contributed by atoms with Crippen molar-refractivity contribution >= 4 is 42.5 Å². The number of hydrogen-bond acceptors (Lipinski definition) is 8. The Morgan fingerprint density at radius 1 is 0.882 bits per heavy atom. The third-order valence-electron chi connectivity index (χ3n) is 12.7. The fourth-order valence-electron chi connectivity index (χ4n) is 9.06. The van der Waals surface area contributed by atoms with Crippen LogP contribution in [0.2, 0.25) is 0 Å². The summed E-state index contributed by atoms with van der Waals surface area (Å²) in [7, 11) is -7.98. The van der Waals surface area contributed by atoms with Crippen LogP contribution >= 0.6 is 0 Å². The molecule has 24 heteroatoms. The summed E-state index contributed by atoms with van der Waals surface area (Å²) in [4.78, 5) is 18.8. The molecule has 3 atom stereocenters. The van der Waals surface area contributed by atoms with E-state index in [2.05, 4.69) is 37.1 Å². The summed E-state index contributed by atoms with van der Waals surface area (Å²) in [5.41, 5.74) is -4.83. The Morgan fingerprint density at radius 2 is 1.54 bits per heavy atom. The number of sulfonamides is 1. The van der Waals surface area contributed by atoms with Gasteiger partial charge >= 0.3 is 6.18 Å². The van der Waals surface area contributed by atoms with Crippen molar-refractivity contribution in [2.45, 2.75) is 118 Å². The maximum absolute atomic E-state index is 16.0. The highest BCUT2D eigenvalue weighted by Crippen LogP contribution is 2.64. The van der Waals surface area contributed by atoms with Crippen LogP contribution in [0.15, 0.2) is 42.5 Å². The molecule has 1 amide bonds. The quantitative estimate of drug-likeness (QED) is 0.0831. The molecule has 2 aromatic carbocycles. The van der Waals surface area contributed by atoms with Crippen LogP contribution in [0.4, 0.5) is 49.7 Å². The molecule has 362 valence electrons. The summed E-state index contributed by atoms with van der Waals surface area (Å²) in [6.07, 6.45) is -7.62. The molecule has 0 bridgehead atoms. The van der Waals surface area contributed by atoms with Crippen molar-refractivity contribution in [2.24, 2.45) is 5.92 Å². The van der Waals surface area contributed by atoms with Crippen LogP contribution in [0.3, 0.4) is 0 Å². The lowest BCUT2D eigenvalue weighted by molar-refractivity contribution is -0.144. The zero-order chi connectivity index (χ0) is 49.0. The number of nitrogens with one attached hydrogen (secondary N) is 2. The average Bonchev–Trinajstić information content (AvgIpc) is 4.14. The first kappa shape index (κ1) is 47.4. The number of aromatic nitrogens is 5. The summed E-state index contributed by atoms with van der Waals surface area (Å²) < 4.78 is 203. The van der Waals surface area contributed by atoms with Gasteiger partial charge in [0.1, 0.15) is 46.7 Å². The van der Waals surface area contributed by atoms with E-state index in [4.69, 9.17) is 0 Å². The summed E-state index contributed by atoms with van der Waals surface area (Å²) in [5.74, 6) is -6.23. The van der Waals surface area contributed by atoms with Crippen LogP contribution in [-0.4, -0.2) is 69.0 Å². The number of alkyl halides is 7. The topological polar surface area (TPSA) is 158 Å². The Labute approximate surface area is 381 Å². The zero-order valence-corrected chi connectivity index (χ0v) is 37.4. The molecule has 3 fully saturated rings. The molecule has 4 aliphatic rings. The average molecular weight is 1000 g/mol. The molecule has 0 spiro atoms. The second-order valence-corrected chi connectivity index (χ2v) is 22.7. The van der Waals surface area contributed by atoms with Crippen LogP contribution < -0.4 is 10.0 Å². The van der Waals surface area contributed by atoms with Gasteiger partial charge in [-0.15, -0.1) is 0 Å². The van der Waals surface area contributed by atoms with E-state index in [0.29, 0.717) is 23.6 Å². The van der Waals surface area contributed by atoms with Crippen molar-refractivity contribution in [3.63, 3.8) is 0 Å². The van der Waals surface area contributed by atoms with Gasteiger partial charge in [0, 0.05) is 28.7 Å². The maximum atomic E-state index is 16.0. The number of benzene rings is 2. The van der Waals surface area contributed by atoms with E-state index >= 15 is 13.2 Å². The number of sulfone groups is 1. The molecular formula is C44H39F10N7O5S2. The second-order valence-electron chi connectivity index (χ2n) is 18.0. The third-order valence-corrected chi connectivity index (χ3v) is 17.4. The molecule has 12 nitrogen and oxygen atoms in total. The predicted octanol–water partition coefficient (Wildman–Crippen LogP) is 8.31. The minimum Gasteiger partial charge on any atom is -0.346 e. The third kappa shape index (κ3) is 8.57. The van der Waals surface area contributed by atoms with Gasteiger partial charge < -0.3 is 5.32 Å². The van der Waals surface area contributed by atoms with Crippen molar-refractivity contribution in [1.82, 2.24) is 29.9 Å². The normalized spacial score (nSPS) is 19.5. The molecule has 2 N–H and O–H groups in total. The summed E-state index contributed by atoms with van der Waals surface area (Å²) in [6, 6.07) is 5.09. The number of anilines is 1. The van der Waals surface area contributed by atoms with E-state index in [1.54, 1.807) is 0 Å². The minimum absolute atomic E-state index is 0.0264. The van der Waals surface area contributed by atoms with Gasteiger partial charge in [-0.1, -0.05) is 5.92 Å². The molecule has 0 unspecified atom stereocenters. The first-order chi connectivity index (χ1) is 31.8. The molecule has 3 saturated carbocycles. The van der Waals surface area contributed by atoms with Gasteiger partial charge in [0.15, 0.2) is 21.3 Å². The predicted molar refractivity (Wildman–Crippen MR) is 225 cm³/mol. The van der Waals surface area contributed by atoms with Crippen molar-refractivity contribution in [1.29, 1.82) is 0 Å². The van der Waals surface area contributed by atoms with Gasteiger partial charge in [-0.2, -0.15) is 32.1 Å². The molecule has 3 aromatic heterocycles. The Bertz CT molecular complexity index is 3170. The van der Waals surface area contributed by atoms with Crippen LogP contribution in [0.1, 0.15) is 98.2 Å². The van der Waals surface area contributed by atoms with Crippen molar-refractivity contribution in [3.05, 3.63) is 93.8 Å². The van der Waals surface area contributed by atoms with E-state index in [9.17, 15) is 52.4 Å². The molecule has 3 heterocycles. The first-order valence-electron chi connectivity index (χ1n) is 21.3. The highest BCUT2D eigenvalue weighted by molar-refractivity contribution is 7.94. The van der Waals surface area contributed by atoms with Crippen LogP contribution in [0.25, 0.3) is 22.0 Å². The molecule has 9 rings (SSSR count). The lowest BCUT2D eigenvalue weighted by atomic mass is 9.73. The van der Waals surface area contributed by atoms with Gasteiger partial charge in [-0.05, 0) is 113 Å². The highest BCUT2D eigenvalue weighted by Gasteiger charge is 2.63. The number of pyridine rings is 1. The van der Waals surface area contributed by atoms with Crippen molar-refractivity contribution < 1.29 is 65.5 Å². The smallest absolute Gasteiger partial charge is 0.346 e. The lowest BCUT2D eigenvalue weighted by Gasteiger charge is -2.34. The first-order valence-corrected chi connectivity index (χ1v) is 24.4. The fraction of sp³-hybridized carbons (Fsp3) is 0.455. The number of halogens is 10. The van der Waals surface area contributed by atoms with Gasteiger partial charge in [0.05, 0.1) is 33.1 Å². The second kappa shape index (κ2) is 16.5. The number of carbonyl (C=O) groups excluding carboxylic acids is 1. The Hall–Kier alpha value is -5.70. The van der Waals surface area contributed by atoms with Crippen LogP contribution in [0.5, 0.6) is 0 Å².